The molecule has 0 amide bonds. The molecule has 0 aliphatic carbocycles. The molecule has 0 aromatic rings. The van der Waals surface area contributed by atoms with Crippen molar-refractivity contribution in [2.45, 2.75) is 80.8 Å². The average molecular weight is 242 g/mol. The molecule has 0 N–H and O–H groups in total. The van der Waals surface area contributed by atoms with Gasteiger partial charge in [-0.3, -0.25) is 0 Å². The van der Waals surface area contributed by atoms with Gasteiger partial charge in [0.2, 0.25) is 0 Å². The third-order valence-corrected chi connectivity index (χ3v) is 2.68. The molecule has 1 atom stereocenters. The van der Waals surface area contributed by atoms with Gasteiger partial charge >= 0.3 is 0 Å². The zero-order valence-electron chi connectivity index (χ0n) is 13.6. The van der Waals surface area contributed by atoms with Crippen LogP contribution in [0.2, 0.25) is 0 Å². The summed E-state index contributed by atoms with van der Waals surface area (Å²) < 4.78 is 6.11. The number of rotatable bonds is 5. The van der Waals surface area contributed by atoms with Crippen molar-refractivity contribution < 1.29 is 4.74 Å². The van der Waals surface area contributed by atoms with Gasteiger partial charge in [-0.2, -0.15) is 0 Å². The second-order valence-electron chi connectivity index (χ2n) is 8.68. The van der Waals surface area contributed by atoms with Gasteiger partial charge in [0, 0.05) is 6.61 Å². The summed E-state index contributed by atoms with van der Waals surface area (Å²) in [5.74, 6) is 0.634. The van der Waals surface area contributed by atoms with E-state index < -0.39 is 0 Å². The fraction of sp³-hybridized carbons (Fsp3) is 1.00. The maximum absolute atomic E-state index is 6.11. The minimum atomic E-state index is -0.00953. The molecule has 0 aromatic heterocycles. The monoisotopic (exact) mass is 242 g/mol. The molecule has 0 aliphatic heterocycles. The first-order chi connectivity index (χ1) is 7.31. The molecule has 17 heavy (non-hydrogen) atoms. The quantitative estimate of drug-likeness (QED) is 0.636. The van der Waals surface area contributed by atoms with Crippen molar-refractivity contribution in [2.75, 3.05) is 6.61 Å². The van der Waals surface area contributed by atoms with E-state index in [1.807, 2.05) is 0 Å². The molecule has 0 saturated heterocycles. The lowest BCUT2D eigenvalue weighted by atomic mass is 9.83. The number of ether oxygens (including phenoxy) is 1. The van der Waals surface area contributed by atoms with Crippen LogP contribution in [0.25, 0.3) is 0 Å². The summed E-state index contributed by atoms with van der Waals surface area (Å²) in [5, 5.41) is 0. The Morgan fingerprint density at radius 1 is 0.824 bits per heavy atom. The lowest BCUT2D eigenvalue weighted by molar-refractivity contribution is -0.0599. The van der Waals surface area contributed by atoms with Crippen molar-refractivity contribution in [1.82, 2.24) is 0 Å². The lowest BCUT2D eigenvalue weighted by Gasteiger charge is -2.34. The van der Waals surface area contributed by atoms with Crippen molar-refractivity contribution in [3.63, 3.8) is 0 Å². The Morgan fingerprint density at radius 2 is 1.29 bits per heavy atom. The van der Waals surface area contributed by atoms with Gasteiger partial charge in [0.25, 0.3) is 0 Å². The van der Waals surface area contributed by atoms with E-state index in [1.165, 1.54) is 6.42 Å². The maximum atomic E-state index is 6.11. The van der Waals surface area contributed by atoms with Crippen molar-refractivity contribution in [2.24, 2.45) is 16.7 Å². The average Bonchev–Trinajstić information content (AvgIpc) is 1.92. The lowest BCUT2D eigenvalue weighted by Crippen LogP contribution is -2.32. The minimum Gasteiger partial charge on any atom is -0.375 e. The fourth-order valence-electron chi connectivity index (χ4n) is 2.80. The predicted molar refractivity (Wildman–Crippen MR) is 77.3 cm³/mol. The highest BCUT2D eigenvalue weighted by Gasteiger charge is 2.27. The minimum absolute atomic E-state index is 0.00953. The molecular weight excluding hydrogens is 208 g/mol. The highest BCUT2D eigenvalue weighted by Crippen LogP contribution is 2.31. The van der Waals surface area contributed by atoms with E-state index in [0.717, 1.165) is 13.0 Å². The molecule has 0 bridgehead atoms. The van der Waals surface area contributed by atoms with Crippen LogP contribution in [0.4, 0.5) is 0 Å². The molecule has 0 radical (unpaired) electrons. The molecule has 0 rings (SSSR count). The Morgan fingerprint density at radius 3 is 1.65 bits per heavy atom. The van der Waals surface area contributed by atoms with Gasteiger partial charge in [0.1, 0.15) is 0 Å². The van der Waals surface area contributed by atoms with Crippen LogP contribution in [-0.2, 0) is 4.74 Å². The normalized spacial score (nSPS) is 16.1. The zero-order valence-corrected chi connectivity index (χ0v) is 13.6. The van der Waals surface area contributed by atoms with Crippen molar-refractivity contribution >= 4 is 0 Å². The third-order valence-electron chi connectivity index (χ3n) is 2.68. The van der Waals surface area contributed by atoms with Gasteiger partial charge in [-0.1, -0.05) is 48.5 Å². The highest BCUT2D eigenvalue weighted by molar-refractivity contribution is 4.77. The number of hydrogen-bond donors (Lipinski definition) is 0. The summed E-state index contributed by atoms with van der Waals surface area (Å²) in [7, 11) is 0. The molecule has 1 heteroatoms. The van der Waals surface area contributed by atoms with E-state index in [2.05, 4.69) is 62.3 Å². The molecule has 104 valence electrons. The molecule has 0 heterocycles. The van der Waals surface area contributed by atoms with Crippen LogP contribution in [-0.4, -0.2) is 12.2 Å². The Hall–Kier alpha value is -0.0400. The van der Waals surface area contributed by atoms with Gasteiger partial charge in [-0.15, -0.1) is 0 Å². The summed E-state index contributed by atoms with van der Waals surface area (Å²) in [5.41, 5.74) is 0.720. The van der Waals surface area contributed by atoms with Crippen LogP contribution >= 0.6 is 0 Å². The molecule has 0 aliphatic rings. The summed E-state index contributed by atoms with van der Waals surface area (Å²) in [4.78, 5) is 0. The summed E-state index contributed by atoms with van der Waals surface area (Å²) in [6.45, 7) is 21.3. The van der Waals surface area contributed by atoms with Gasteiger partial charge in [0.05, 0.1) is 5.60 Å². The first-order valence-corrected chi connectivity index (χ1v) is 6.95. The Bertz CT molecular complexity index is 215. The largest absolute Gasteiger partial charge is 0.375 e. The van der Waals surface area contributed by atoms with E-state index in [0.29, 0.717) is 16.7 Å². The predicted octanol–water partition coefficient (Wildman–Crippen LogP) is 5.29. The van der Waals surface area contributed by atoms with Crippen molar-refractivity contribution in [3.05, 3.63) is 0 Å². The van der Waals surface area contributed by atoms with E-state index in [9.17, 15) is 0 Å². The van der Waals surface area contributed by atoms with Gasteiger partial charge in [-0.25, -0.2) is 0 Å². The standard InChI is InChI=1S/C16H34O/c1-13(10-14(2,3)4)11-17-16(8,9)12-15(5,6)7/h13H,10-12H2,1-9H3. The molecule has 0 saturated carbocycles. The molecular formula is C16H34O. The third kappa shape index (κ3) is 10.8. The second kappa shape index (κ2) is 5.73. The fourth-order valence-corrected chi connectivity index (χ4v) is 2.80. The Balaban J connectivity index is 4.10. The number of hydrogen-bond acceptors (Lipinski definition) is 1. The van der Waals surface area contributed by atoms with Gasteiger partial charge in [0.15, 0.2) is 0 Å². The van der Waals surface area contributed by atoms with E-state index >= 15 is 0 Å². The van der Waals surface area contributed by atoms with Gasteiger partial charge < -0.3 is 4.74 Å². The smallest absolute Gasteiger partial charge is 0.0631 e. The summed E-state index contributed by atoms with van der Waals surface area (Å²) in [6, 6.07) is 0. The first kappa shape index (κ1) is 17.0. The molecule has 0 fully saturated rings. The summed E-state index contributed by atoms with van der Waals surface area (Å²) >= 11 is 0. The van der Waals surface area contributed by atoms with Gasteiger partial charge in [-0.05, 0) is 43.4 Å². The van der Waals surface area contributed by atoms with Crippen molar-refractivity contribution in [3.8, 4) is 0 Å². The van der Waals surface area contributed by atoms with E-state index in [4.69, 9.17) is 4.74 Å². The molecule has 1 nitrogen and oxygen atoms in total. The van der Waals surface area contributed by atoms with Crippen LogP contribution in [0.1, 0.15) is 75.2 Å². The Labute approximate surface area is 109 Å². The van der Waals surface area contributed by atoms with Crippen molar-refractivity contribution in [1.29, 1.82) is 0 Å². The SMILES string of the molecule is CC(COC(C)(C)CC(C)(C)C)CC(C)(C)C. The van der Waals surface area contributed by atoms with E-state index in [1.54, 1.807) is 0 Å². The first-order valence-electron chi connectivity index (χ1n) is 6.95. The van der Waals surface area contributed by atoms with E-state index in [-0.39, 0.29) is 5.60 Å². The van der Waals surface area contributed by atoms with Crippen LogP contribution in [0, 0.1) is 16.7 Å². The van der Waals surface area contributed by atoms with Crippen LogP contribution in [0.15, 0.2) is 0 Å². The van der Waals surface area contributed by atoms with Crippen LogP contribution < -0.4 is 0 Å². The molecule has 1 unspecified atom stereocenters. The Kier molecular flexibility index (Phi) is 5.72. The molecule has 0 spiro atoms. The second-order valence-corrected chi connectivity index (χ2v) is 8.68. The highest BCUT2D eigenvalue weighted by atomic mass is 16.5. The zero-order chi connectivity index (χ0) is 13.9. The maximum Gasteiger partial charge on any atom is 0.0631 e. The molecule has 0 aromatic carbocycles. The van der Waals surface area contributed by atoms with Crippen LogP contribution in [0.5, 0.6) is 0 Å². The topological polar surface area (TPSA) is 9.23 Å². The van der Waals surface area contributed by atoms with Crippen LogP contribution in [0.3, 0.4) is 0 Å². The summed E-state index contributed by atoms with van der Waals surface area (Å²) in [6.07, 6.45) is 2.32.